The summed E-state index contributed by atoms with van der Waals surface area (Å²) in [6, 6.07) is 0. The molecule has 3 unspecified atom stereocenters. The van der Waals surface area contributed by atoms with E-state index in [0.717, 1.165) is 0 Å². The lowest BCUT2D eigenvalue weighted by atomic mass is 9.87. The first-order valence-corrected chi connectivity index (χ1v) is 6.68. The van der Waals surface area contributed by atoms with Gasteiger partial charge in [0.2, 0.25) is 0 Å². The summed E-state index contributed by atoms with van der Waals surface area (Å²) < 4.78 is 0. The van der Waals surface area contributed by atoms with Gasteiger partial charge in [0, 0.05) is 0 Å². The highest BCUT2D eigenvalue weighted by Gasteiger charge is 2.56. The van der Waals surface area contributed by atoms with E-state index in [2.05, 4.69) is 0 Å². The van der Waals surface area contributed by atoms with Crippen LogP contribution in [0.2, 0.25) is 0 Å². The second-order valence-electron chi connectivity index (χ2n) is 3.62. The van der Waals surface area contributed by atoms with Crippen LogP contribution >= 0.6 is 46.4 Å². The maximum absolute atomic E-state index is 10.0. The van der Waals surface area contributed by atoms with Crippen molar-refractivity contribution in [1.29, 1.82) is 0 Å². The second kappa shape index (κ2) is 6.83. The van der Waals surface area contributed by atoms with E-state index >= 15 is 0 Å². The maximum atomic E-state index is 10.0. The number of aliphatic hydroxyl groups is 3. The Morgan fingerprint density at radius 2 is 1.44 bits per heavy atom. The van der Waals surface area contributed by atoms with Crippen LogP contribution in [0.1, 0.15) is 19.8 Å². The number of rotatable bonds is 7. The fourth-order valence-corrected chi connectivity index (χ4v) is 2.81. The van der Waals surface area contributed by atoms with Gasteiger partial charge in [0.05, 0.1) is 24.0 Å². The van der Waals surface area contributed by atoms with Crippen LogP contribution in [0.4, 0.5) is 0 Å². The molecule has 7 heteroatoms. The molecule has 0 heterocycles. The van der Waals surface area contributed by atoms with E-state index in [1.54, 1.807) is 6.92 Å². The van der Waals surface area contributed by atoms with Crippen LogP contribution in [0.5, 0.6) is 0 Å². The molecule has 0 rings (SSSR count). The summed E-state index contributed by atoms with van der Waals surface area (Å²) in [6.07, 6.45) is -2.13. The standard InChI is InChI=1S/C9H16Cl4O3/c1-2-3-8(12,16)9(13,6(14)4-10)7(15)5-11/h6-7,14-16H,2-5H2,1H3. The third kappa shape index (κ3) is 3.29. The van der Waals surface area contributed by atoms with E-state index in [4.69, 9.17) is 46.4 Å². The first kappa shape index (κ1) is 17.0. The van der Waals surface area contributed by atoms with Crippen molar-refractivity contribution in [3.63, 3.8) is 0 Å². The van der Waals surface area contributed by atoms with E-state index in [-0.39, 0.29) is 18.2 Å². The smallest absolute Gasteiger partial charge is 0.162 e. The molecular weight excluding hydrogens is 298 g/mol. The van der Waals surface area contributed by atoms with Gasteiger partial charge < -0.3 is 15.3 Å². The topological polar surface area (TPSA) is 60.7 Å². The van der Waals surface area contributed by atoms with Gasteiger partial charge >= 0.3 is 0 Å². The molecule has 0 spiro atoms. The minimum Gasteiger partial charge on any atom is -0.390 e. The fourth-order valence-electron chi connectivity index (χ4n) is 1.48. The van der Waals surface area contributed by atoms with Gasteiger partial charge in [0.1, 0.15) is 4.87 Å². The van der Waals surface area contributed by atoms with Crippen molar-refractivity contribution in [2.75, 3.05) is 11.8 Å². The quantitative estimate of drug-likeness (QED) is 0.629. The number of halogens is 4. The van der Waals surface area contributed by atoms with Crippen LogP contribution in [-0.2, 0) is 0 Å². The molecule has 3 nitrogen and oxygen atoms in total. The lowest BCUT2D eigenvalue weighted by Crippen LogP contribution is -2.62. The van der Waals surface area contributed by atoms with E-state index in [0.29, 0.717) is 6.42 Å². The van der Waals surface area contributed by atoms with Crippen LogP contribution in [0, 0.1) is 0 Å². The van der Waals surface area contributed by atoms with Crippen molar-refractivity contribution >= 4 is 46.4 Å². The van der Waals surface area contributed by atoms with Gasteiger partial charge in [-0.2, -0.15) is 0 Å². The van der Waals surface area contributed by atoms with Gasteiger partial charge in [-0.15, -0.1) is 34.8 Å². The van der Waals surface area contributed by atoms with Gasteiger partial charge in [-0.1, -0.05) is 24.9 Å². The predicted molar refractivity (Wildman–Crippen MR) is 67.7 cm³/mol. The zero-order valence-electron chi connectivity index (χ0n) is 8.84. The average Bonchev–Trinajstić information content (AvgIpc) is 2.25. The van der Waals surface area contributed by atoms with Crippen molar-refractivity contribution in [3.8, 4) is 0 Å². The van der Waals surface area contributed by atoms with E-state index in [1.807, 2.05) is 0 Å². The first-order valence-electron chi connectivity index (χ1n) is 4.86. The number of hydrogen-bond donors (Lipinski definition) is 3. The highest BCUT2D eigenvalue weighted by molar-refractivity contribution is 6.35. The summed E-state index contributed by atoms with van der Waals surface area (Å²) in [5, 5.41) is 27.5. The van der Waals surface area contributed by atoms with Crippen molar-refractivity contribution in [3.05, 3.63) is 0 Å². The third-order valence-electron chi connectivity index (χ3n) is 2.43. The molecule has 0 aliphatic carbocycles. The SMILES string of the molecule is CCCC(O)(Cl)C(Cl)(C(O)CCl)C(O)CCl. The minimum absolute atomic E-state index is 0.0972. The molecule has 0 amide bonds. The zero-order valence-corrected chi connectivity index (χ0v) is 11.9. The monoisotopic (exact) mass is 312 g/mol. The van der Waals surface area contributed by atoms with Crippen LogP contribution in [0.3, 0.4) is 0 Å². The Labute approximate surface area is 115 Å². The third-order valence-corrected chi connectivity index (χ3v) is 4.43. The number of hydrogen-bond acceptors (Lipinski definition) is 3. The van der Waals surface area contributed by atoms with Crippen LogP contribution in [-0.4, -0.2) is 49.2 Å². The molecule has 0 fully saturated rings. The summed E-state index contributed by atoms with van der Waals surface area (Å²) in [4.78, 5) is -1.89. The van der Waals surface area contributed by atoms with Crippen molar-refractivity contribution < 1.29 is 15.3 Å². The Morgan fingerprint density at radius 3 is 1.69 bits per heavy atom. The average molecular weight is 314 g/mol. The first-order chi connectivity index (χ1) is 7.27. The zero-order chi connectivity index (χ0) is 13.0. The Hall–Kier alpha value is 1.04. The molecular formula is C9H16Cl4O3. The summed E-state index contributed by atoms with van der Waals surface area (Å²) in [5.41, 5.74) is 0. The summed E-state index contributed by atoms with van der Waals surface area (Å²) in [7, 11) is 0. The van der Waals surface area contributed by atoms with Crippen molar-refractivity contribution in [2.45, 2.75) is 41.9 Å². The predicted octanol–water partition coefficient (Wildman–Crippen LogP) is 1.89. The largest absolute Gasteiger partial charge is 0.390 e. The van der Waals surface area contributed by atoms with Gasteiger partial charge in [-0.05, 0) is 6.42 Å². The number of alkyl halides is 4. The van der Waals surface area contributed by atoms with E-state index < -0.39 is 22.1 Å². The molecule has 0 radical (unpaired) electrons. The van der Waals surface area contributed by atoms with E-state index in [1.165, 1.54) is 0 Å². The molecule has 16 heavy (non-hydrogen) atoms. The summed E-state index contributed by atoms with van der Waals surface area (Å²) in [5.74, 6) is -0.535. The second-order valence-corrected chi connectivity index (χ2v) is 5.49. The van der Waals surface area contributed by atoms with Crippen LogP contribution in [0.15, 0.2) is 0 Å². The molecule has 0 saturated carbocycles. The lowest BCUT2D eigenvalue weighted by Gasteiger charge is -2.43. The van der Waals surface area contributed by atoms with Gasteiger partial charge in [0.25, 0.3) is 0 Å². The molecule has 0 bridgehead atoms. The number of aliphatic hydroxyl groups excluding tert-OH is 2. The minimum atomic E-state index is -1.98. The molecule has 0 aliphatic rings. The lowest BCUT2D eigenvalue weighted by molar-refractivity contribution is -0.0470. The van der Waals surface area contributed by atoms with Gasteiger partial charge in [-0.3, -0.25) is 0 Å². The molecule has 0 aromatic rings. The van der Waals surface area contributed by atoms with Gasteiger partial charge in [0.15, 0.2) is 5.06 Å². The highest BCUT2D eigenvalue weighted by Crippen LogP contribution is 2.43. The van der Waals surface area contributed by atoms with Crippen molar-refractivity contribution in [1.82, 2.24) is 0 Å². The van der Waals surface area contributed by atoms with Crippen LogP contribution < -0.4 is 0 Å². The molecule has 0 aromatic heterocycles. The summed E-state index contributed by atoms with van der Waals surface area (Å²) >= 11 is 22.9. The fraction of sp³-hybridized carbons (Fsp3) is 1.00. The Kier molecular flexibility index (Phi) is 7.28. The molecule has 0 aliphatic heterocycles. The highest BCUT2D eigenvalue weighted by atomic mass is 35.5. The van der Waals surface area contributed by atoms with Gasteiger partial charge in [-0.25, -0.2) is 0 Å². The van der Waals surface area contributed by atoms with Crippen molar-refractivity contribution in [2.24, 2.45) is 0 Å². The Balaban J connectivity index is 5.21. The normalized spacial score (nSPS) is 23.2. The van der Waals surface area contributed by atoms with Crippen LogP contribution in [0.25, 0.3) is 0 Å². The molecule has 3 atom stereocenters. The summed E-state index contributed by atoms with van der Waals surface area (Å²) in [6.45, 7) is 1.78. The maximum Gasteiger partial charge on any atom is 0.162 e. The Morgan fingerprint density at radius 1 is 1.06 bits per heavy atom. The molecule has 0 aromatic carbocycles. The Bertz CT molecular complexity index is 203. The molecule has 98 valence electrons. The molecule has 3 N–H and O–H groups in total. The van der Waals surface area contributed by atoms with E-state index in [9.17, 15) is 15.3 Å². The molecule has 0 saturated heterocycles.